The van der Waals surface area contributed by atoms with Crippen LogP contribution in [0.3, 0.4) is 0 Å². The fraction of sp³-hybridized carbons (Fsp3) is 0.333. The minimum atomic E-state index is 0. The molecule has 0 heterocycles. The zero-order chi connectivity index (χ0) is 15.1. The summed E-state index contributed by atoms with van der Waals surface area (Å²) in [5.41, 5.74) is 0. The van der Waals surface area contributed by atoms with Crippen molar-refractivity contribution in [1.82, 2.24) is 9.80 Å². The molecule has 114 valence electrons. The van der Waals surface area contributed by atoms with E-state index in [2.05, 4.69) is 50.8 Å². The maximum Gasteiger partial charge on any atom is 2.00 e. The van der Waals surface area contributed by atoms with Crippen LogP contribution in [-0.2, 0) is 21.1 Å². The standard InChI is InChI=1S/C6H16N2.2C6H5.2Li.Mo/c1-7(2)5-6-8(3)4;2*1-2-4-6-5-3-1;;;/h5-6H2,1-4H3;2*1-5H;;;/q;2*-1;2*+1;+2. The molecule has 2 fully saturated rings. The summed E-state index contributed by atoms with van der Waals surface area (Å²) in [6.07, 6.45) is 25.0. The van der Waals surface area contributed by atoms with Crippen LogP contribution < -0.4 is 37.7 Å². The third-order valence-corrected chi connectivity index (χ3v) is 2.21. The summed E-state index contributed by atoms with van der Waals surface area (Å²) in [4.78, 5) is 4.36. The first kappa shape index (κ1) is 32.5. The van der Waals surface area contributed by atoms with E-state index in [1.54, 1.807) is 0 Å². The van der Waals surface area contributed by atoms with E-state index in [9.17, 15) is 0 Å². The fourth-order valence-electron chi connectivity index (χ4n) is 1.08. The maximum atomic E-state index is 2.89. The van der Waals surface area contributed by atoms with Gasteiger partial charge in [-0.3, -0.25) is 0 Å². The van der Waals surface area contributed by atoms with Gasteiger partial charge in [0.15, 0.2) is 0 Å². The van der Waals surface area contributed by atoms with Crippen molar-refractivity contribution >= 4 is 0 Å². The first-order valence-electron chi connectivity index (χ1n) is 6.74. The number of likely N-dealkylation sites (N-methyl/N-ethyl adjacent to an activating group) is 2. The predicted octanol–water partition coefficient (Wildman–Crippen LogP) is -3.68. The number of rotatable bonds is 3. The Bertz CT molecular complexity index is 143. The normalized spacial score (nSPS) is 16.4. The molecule has 0 N–H and O–H groups in total. The number of hydrogen-bond donors (Lipinski definition) is 0. The molecule has 2 nitrogen and oxygen atoms in total. The smallest absolute Gasteiger partial charge is 0.474 e. The van der Waals surface area contributed by atoms with Crippen LogP contribution in [0, 0.1) is 77.0 Å². The van der Waals surface area contributed by atoms with Gasteiger partial charge < -0.3 is 22.6 Å². The van der Waals surface area contributed by atoms with E-state index < -0.39 is 0 Å². The Labute approximate surface area is 185 Å². The Morgan fingerprint density at radius 3 is 0.913 bits per heavy atom. The largest absolute Gasteiger partial charge is 2.00 e. The van der Waals surface area contributed by atoms with Crippen molar-refractivity contribution < 1.29 is 58.8 Å². The van der Waals surface area contributed by atoms with Crippen LogP contribution in [0.4, 0.5) is 0 Å². The molecule has 2 rings (SSSR count). The van der Waals surface area contributed by atoms with Gasteiger partial charge in [-0.2, -0.15) is 0 Å². The second-order valence-corrected chi connectivity index (χ2v) is 4.76. The Morgan fingerprint density at radius 1 is 0.565 bits per heavy atom. The van der Waals surface area contributed by atoms with Gasteiger partial charge in [-0.15, -0.1) is 0 Å². The van der Waals surface area contributed by atoms with Gasteiger partial charge in [0.1, 0.15) is 0 Å². The molecule has 2 saturated carbocycles. The summed E-state index contributed by atoms with van der Waals surface area (Å²) in [7, 11) is 8.35. The van der Waals surface area contributed by atoms with Gasteiger partial charge in [0, 0.05) is 13.1 Å². The van der Waals surface area contributed by atoms with E-state index in [0.717, 1.165) is 13.1 Å². The van der Waals surface area contributed by atoms with Crippen LogP contribution >= 0.6 is 0 Å². The topological polar surface area (TPSA) is 6.48 Å². The molecule has 23 heavy (non-hydrogen) atoms. The van der Waals surface area contributed by atoms with Crippen molar-refractivity contribution in [2.24, 2.45) is 0 Å². The van der Waals surface area contributed by atoms with E-state index in [1.165, 1.54) is 0 Å². The van der Waals surface area contributed by atoms with Gasteiger partial charge >= 0.3 is 58.8 Å². The van der Waals surface area contributed by atoms with Crippen molar-refractivity contribution in [2.45, 2.75) is 0 Å². The van der Waals surface area contributed by atoms with Crippen molar-refractivity contribution in [3.8, 4) is 0 Å². The average Bonchev–Trinajstić information content (AvgIpc) is 2.50. The number of nitrogens with zero attached hydrogens (tertiary/aromatic N) is 2. The second kappa shape index (κ2) is 26.0. The minimum Gasteiger partial charge on any atom is -0.474 e. The molecule has 0 aromatic rings. The first-order valence-corrected chi connectivity index (χ1v) is 6.74. The van der Waals surface area contributed by atoms with Crippen LogP contribution in [0.2, 0.25) is 0 Å². The Hall–Kier alpha value is 1.80. The van der Waals surface area contributed by atoms with Gasteiger partial charge in [0.2, 0.25) is 0 Å². The third-order valence-electron chi connectivity index (χ3n) is 2.21. The monoisotopic (exact) mass is 382 g/mol. The van der Waals surface area contributed by atoms with E-state index in [4.69, 9.17) is 0 Å². The molecule has 0 amide bonds. The van der Waals surface area contributed by atoms with Gasteiger partial charge in [-0.1, -0.05) is 25.7 Å². The van der Waals surface area contributed by atoms with Crippen molar-refractivity contribution in [2.75, 3.05) is 41.3 Å². The summed E-state index contributed by atoms with van der Waals surface area (Å²) in [6, 6.07) is 0. The molecule has 0 aliphatic heterocycles. The van der Waals surface area contributed by atoms with Gasteiger partial charge in [-0.25, -0.2) is 25.7 Å². The molecule has 12 radical (unpaired) electrons. The summed E-state index contributed by atoms with van der Waals surface area (Å²) in [6.45, 7) is 2.29. The quantitative estimate of drug-likeness (QED) is 0.368. The molecular formula is C18H26Li2MoN2+2. The first-order chi connectivity index (χ1) is 9.63. The molecule has 0 saturated heterocycles. The molecular weight excluding hydrogens is 354 g/mol. The van der Waals surface area contributed by atoms with Crippen LogP contribution in [0.1, 0.15) is 0 Å². The van der Waals surface area contributed by atoms with Crippen molar-refractivity contribution in [1.29, 1.82) is 0 Å². The van der Waals surface area contributed by atoms with Gasteiger partial charge in [0.25, 0.3) is 0 Å². The number of hydrogen-bond acceptors (Lipinski definition) is 2. The van der Waals surface area contributed by atoms with E-state index >= 15 is 0 Å². The van der Waals surface area contributed by atoms with Crippen LogP contribution in [0.5, 0.6) is 0 Å². The van der Waals surface area contributed by atoms with E-state index in [0.29, 0.717) is 0 Å². The molecule has 0 aromatic carbocycles. The summed E-state index contributed by atoms with van der Waals surface area (Å²) < 4.78 is 0. The molecule has 0 spiro atoms. The van der Waals surface area contributed by atoms with E-state index in [-0.39, 0.29) is 58.8 Å². The van der Waals surface area contributed by atoms with Crippen LogP contribution in [-0.4, -0.2) is 51.1 Å². The molecule has 0 unspecified atom stereocenters. The van der Waals surface area contributed by atoms with Crippen molar-refractivity contribution in [3.05, 3.63) is 77.0 Å². The summed E-state index contributed by atoms with van der Waals surface area (Å²) in [5.74, 6) is 0. The second-order valence-electron chi connectivity index (χ2n) is 4.76. The summed E-state index contributed by atoms with van der Waals surface area (Å²) >= 11 is 0. The van der Waals surface area contributed by atoms with Gasteiger partial charge in [-0.05, 0) is 41.0 Å². The Balaban J connectivity index is -0.000000111. The average molecular weight is 380 g/mol. The third kappa shape index (κ3) is 32.0. The van der Waals surface area contributed by atoms with Crippen LogP contribution in [0.15, 0.2) is 0 Å². The Morgan fingerprint density at radius 2 is 0.826 bits per heavy atom. The molecule has 0 atom stereocenters. The van der Waals surface area contributed by atoms with Gasteiger partial charge in [0.05, 0.1) is 0 Å². The molecule has 0 bridgehead atoms. The zero-order valence-electron chi connectivity index (χ0n) is 15.5. The Kier molecular flexibility index (Phi) is 36.8. The SMILES string of the molecule is CN(C)CCN(C)C.[C-]1[CH][CH][CH][CH][CH]1.[C-]1[CH][CH][CH][CH][CH]1.[Li+].[Li+].[Mo+2]. The minimum absolute atomic E-state index is 0. The zero-order valence-corrected chi connectivity index (χ0v) is 17.5. The molecule has 5 heteroatoms. The molecule has 2 aliphatic carbocycles. The summed E-state index contributed by atoms with van der Waals surface area (Å²) in [5, 5.41) is 0. The van der Waals surface area contributed by atoms with Crippen LogP contribution in [0.25, 0.3) is 0 Å². The fourth-order valence-corrected chi connectivity index (χ4v) is 1.08. The van der Waals surface area contributed by atoms with E-state index in [1.807, 2.05) is 64.2 Å². The molecule has 0 aromatic heterocycles. The maximum absolute atomic E-state index is 2.89. The predicted molar refractivity (Wildman–Crippen MR) is 86.6 cm³/mol. The molecule has 2 aliphatic rings. The van der Waals surface area contributed by atoms with Crippen molar-refractivity contribution in [3.63, 3.8) is 0 Å².